The standard InChI is InChI=1S/C20H20F3N3O4S/c1-19(28,12-31(29,30)16-8-6-15(7-9-16)26(2)3)18(27)25-14-5-4-13(11-24)17(10-14)20(21,22)23/h4-10,28H,12H2,1-3H3,(H,25,27). The molecule has 7 nitrogen and oxygen atoms in total. The maximum absolute atomic E-state index is 13.1. The first-order valence-electron chi connectivity index (χ1n) is 8.83. The van der Waals surface area contributed by atoms with Crippen molar-refractivity contribution in [1.29, 1.82) is 5.26 Å². The second kappa shape index (κ2) is 8.56. The third-order valence-corrected chi connectivity index (χ3v) is 6.31. The second-order valence-electron chi connectivity index (χ2n) is 7.25. The topological polar surface area (TPSA) is 110 Å². The highest BCUT2D eigenvalue weighted by Crippen LogP contribution is 2.33. The second-order valence-corrected chi connectivity index (χ2v) is 9.23. The Bertz CT molecular complexity index is 1120. The van der Waals surface area contributed by atoms with Gasteiger partial charge in [-0.2, -0.15) is 18.4 Å². The Kier molecular flexibility index (Phi) is 6.68. The van der Waals surface area contributed by atoms with Gasteiger partial charge in [-0.1, -0.05) is 0 Å². The van der Waals surface area contributed by atoms with Gasteiger partial charge >= 0.3 is 6.18 Å². The van der Waals surface area contributed by atoms with E-state index in [4.69, 9.17) is 5.26 Å². The van der Waals surface area contributed by atoms with Crippen LogP contribution >= 0.6 is 0 Å². The SMILES string of the molecule is CN(C)c1ccc(S(=O)(=O)CC(C)(O)C(=O)Nc2ccc(C#N)c(C(F)(F)F)c2)cc1. The predicted octanol–water partition coefficient (Wildman–Crippen LogP) is 2.81. The normalized spacial score (nSPS) is 13.7. The van der Waals surface area contributed by atoms with Crippen LogP contribution in [0.15, 0.2) is 47.4 Å². The van der Waals surface area contributed by atoms with Crippen LogP contribution < -0.4 is 10.2 Å². The number of halogens is 3. The molecule has 31 heavy (non-hydrogen) atoms. The Morgan fingerprint density at radius 3 is 2.23 bits per heavy atom. The van der Waals surface area contributed by atoms with E-state index in [9.17, 15) is 31.5 Å². The lowest BCUT2D eigenvalue weighted by Gasteiger charge is -2.23. The first-order chi connectivity index (χ1) is 14.2. The fraction of sp³-hybridized carbons (Fsp3) is 0.300. The zero-order chi connectivity index (χ0) is 23.6. The van der Waals surface area contributed by atoms with E-state index < -0.39 is 44.4 Å². The van der Waals surface area contributed by atoms with Crippen LogP contribution in [0.4, 0.5) is 24.5 Å². The first-order valence-corrected chi connectivity index (χ1v) is 10.5. The Balaban J connectivity index is 2.24. The van der Waals surface area contributed by atoms with Crippen LogP contribution in [0, 0.1) is 11.3 Å². The number of amides is 1. The van der Waals surface area contributed by atoms with E-state index in [0.29, 0.717) is 6.07 Å². The molecule has 0 aliphatic carbocycles. The highest BCUT2D eigenvalue weighted by molar-refractivity contribution is 7.91. The molecule has 0 radical (unpaired) electrons. The van der Waals surface area contributed by atoms with Gasteiger partial charge < -0.3 is 15.3 Å². The number of nitrogens with one attached hydrogen (secondary N) is 1. The molecular weight excluding hydrogens is 435 g/mol. The van der Waals surface area contributed by atoms with Crippen molar-refractivity contribution >= 4 is 27.1 Å². The Morgan fingerprint density at radius 1 is 1.16 bits per heavy atom. The van der Waals surface area contributed by atoms with Crippen molar-refractivity contribution in [1.82, 2.24) is 0 Å². The number of hydrogen-bond donors (Lipinski definition) is 2. The molecule has 1 unspecified atom stereocenters. The number of rotatable bonds is 6. The van der Waals surface area contributed by atoms with Crippen molar-refractivity contribution < 1.29 is 31.5 Å². The molecule has 0 bridgehead atoms. The number of sulfone groups is 1. The number of nitrogens with zero attached hydrogens (tertiary/aromatic N) is 2. The summed E-state index contributed by atoms with van der Waals surface area (Å²) in [6.45, 7) is 0.947. The molecule has 1 atom stereocenters. The van der Waals surface area contributed by atoms with E-state index in [-0.39, 0.29) is 10.6 Å². The monoisotopic (exact) mass is 455 g/mol. The number of hydrogen-bond acceptors (Lipinski definition) is 6. The van der Waals surface area contributed by atoms with Gasteiger partial charge in [0.05, 0.1) is 27.8 Å². The number of aliphatic hydroxyl groups is 1. The van der Waals surface area contributed by atoms with Crippen molar-refractivity contribution in [3.8, 4) is 6.07 Å². The molecule has 0 aromatic heterocycles. The molecule has 0 heterocycles. The van der Waals surface area contributed by atoms with Gasteiger partial charge in [0.1, 0.15) is 0 Å². The van der Waals surface area contributed by atoms with Crippen LogP contribution in [0.3, 0.4) is 0 Å². The molecule has 2 rings (SSSR count). The average Bonchev–Trinajstić information content (AvgIpc) is 2.66. The lowest BCUT2D eigenvalue weighted by molar-refractivity contribution is -0.137. The molecule has 0 aliphatic heterocycles. The molecule has 2 aromatic rings. The minimum Gasteiger partial charge on any atom is -0.379 e. The third kappa shape index (κ3) is 5.74. The maximum atomic E-state index is 13.1. The third-order valence-electron chi connectivity index (χ3n) is 4.38. The maximum Gasteiger partial charge on any atom is 0.417 e. The number of carbonyl (C=O) groups excluding carboxylic acids is 1. The molecule has 0 aliphatic rings. The highest BCUT2D eigenvalue weighted by Gasteiger charge is 2.38. The van der Waals surface area contributed by atoms with E-state index in [1.165, 1.54) is 18.2 Å². The van der Waals surface area contributed by atoms with Crippen molar-refractivity contribution in [2.24, 2.45) is 0 Å². The zero-order valence-corrected chi connectivity index (χ0v) is 17.7. The fourth-order valence-electron chi connectivity index (χ4n) is 2.69. The van der Waals surface area contributed by atoms with Crippen molar-refractivity contribution in [3.05, 3.63) is 53.6 Å². The highest BCUT2D eigenvalue weighted by atomic mass is 32.2. The lowest BCUT2D eigenvalue weighted by Crippen LogP contribution is -2.45. The molecule has 0 fully saturated rings. The summed E-state index contributed by atoms with van der Waals surface area (Å²) >= 11 is 0. The molecule has 11 heteroatoms. The van der Waals surface area contributed by atoms with E-state index in [2.05, 4.69) is 5.32 Å². The number of anilines is 2. The van der Waals surface area contributed by atoms with Crippen LogP contribution in [-0.2, 0) is 20.8 Å². The minimum absolute atomic E-state index is 0.121. The van der Waals surface area contributed by atoms with Crippen molar-refractivity contribution in [2.75, 3.05) is 30.1 Å². The summed E-state index contributed by atoms with van der Waals surface area (Å²) < 4.78 is 64.5. The smallest absolute Gasteiger partial charge is 0.379 e. The molecule has 2 aromatic carbocycles. The molecule has 166 valence electrons. The van der Waals surface area contributed by atoms with Gasteiger partial charge in [0.2, 0.25) is 0 Å². The quantitative estimate of drug-likeness (QED) is 0.693. The minimum atomic E-state index is -4.84. The lowest BCUT2D eigenvalue weighted by atomic mass is 10.1. The molecule has 0 saturated heterocycles. The number of nitriles is 1. The zero-order valence-electron chi connectivity index (χ0n) is 16.9. The van der Waals surface area contributed by atoms with E-state index >= 15 is 0 Å². The Morgan fingerprint density at radius 2 is 1.74 bits per heavy atom. The number of alkyl halides is 3. The van der Waals surface area contributed by atoms with Gasteiger partial charge in [-0.3, -0.25) is 4.79 Å². The van der Waals surface area contributed by atoms with Gasteiger partial charge in [-0.05, 0) is 49.4 Å². The van der Waals surface area contributed by atoms with Crippen LogP contribution in [0.2, 0.25) is 0 Å². The van der Waals surface area contributed by atoms with Gasteiger partial charge in [-0.15, -0.1) is 0 Å². The largest absolute Gasteiger partial charge is 0.417 e. The predicted molar refractivity (Wildman–Crippen MR) is 108 cm³/mol. The van der Waals surface area contributed by atoms with Crippen molar-refractivity contribution in [2.45, 2.75) is 23.6 Å². The first kappa shape index (κ1) is 24.2. The van der Waals surface area contributed by atoms with Crippen LogP contribution in [0.1, 0.15) is 18.1 Å². The number of carbonyl (C=O) groups is 1. The molecule has 0 spiro atoms. The fourth-order valence-corrected chi connectivity index (χ4v) is 4.28. The summed E-state index contributed by atoms with van der Waals surface area (Å²) in [4.78, 5) is 14.1. The summed E-state index contributed by atoms with van der Waals surface area (Å²) in [6, 6.07) is 9.64. The van der Waals surface area contributed by atoms with E-state index in [0.717, 1.165) is 24.7 Å². The Labute approximate surface area is 177 Å². The molecule has 0 saturated carbocycles. The van der Waals surface area contributed by atoms with Crippen molar-refractivity contribution in [3.63, 3.8) is 0 Å². The molecule has 1 amide bonds. The van der Waals surface area contributed by atoms with Gasteiger partial charge in [-0.25, -0.2) is 8.42 Å². The average molecular weight is 455 g/mol. The number of benzene rings is 2. The summed E-state index contributed by atoms with van der Waals surface area (Å²) in [5, 5.41) is 21.3. The summed E-state index contributed by atoms with van der Waals surface area (Å²) in [5.41, 5.74) is -3.94. The van der Waals surface area contributed by atoms with Crippen LogP contribution in [-0.4, -0.2) is 44.9 Å². The summed E-state index contributed by atoms with van der Waals surface area (Å²) in [7, 11) is -0.553. The van der Waals surface area contributed by atoms with Crippen LogP contribution in [0.5, 0.6) is 0 Å². The van der Waals surface area contributed by atoms with Gasteiger partial charge in [0, 0.05) is 25.5 Å². The molecule has 2 N–H and O–H groups in total. The van der Waals surface area contributed by atoms with E-state index in [1.807, 2.05) is 0 Å². The Hall–Kier alpha value is -3.10. The summed E-state index contributed by atoms with van der Waals surface area (Å²) in [6.07, 6.45) is -4.84. The van der Waals surface area contributed by atoms with E-state index in [1.54, 1.807) is 31.1 Å². The summed E-state index contributed by atoms with van der Waals surface area (Å²) in [5.74, 6) is -2.20. The van der Waals surface area contributed by atoms with Crippen LogP contribution in [0.25, 0.3) is 0 Å². The van der Waals surface area contributed by atoms with Gasteiger partial charge in [0.15, 0.2) is 15.4 Å². The molecular formula is C20H20F3N3O4S. The van der Waals surface area contributed by atoms with Gasteiger partial charge in [0.25, 0.3) is 5.91 Å².